The summed E-state index contributed by atoms with van der Waals surface area (Å²) in [6.45, 7) is -0.0741. The topological polar surface area (TPSA) is 91.9 Å². The second kappa shape index (κ2) is 7.93. The van der Waals surface area contributed by atoms with Gasteiger partial charge in [0.25, 0.3) is 0 Å². The highest BCUT2D eigenvalue weighted by molar-refractivity contribution is 6.03. The first-order valence-electron chi connectivity index (χ1n) is 9.42. The molecule has 6 heteroatoms. The molecule has 0 aliphatic rings. The zero-order valence-electron chi connectivity index (χ0n) is 16.4. The lowest BCUT2D eigenvalue weighted by Crippen LogP contribution is -2.09. The van der Waals surface area contributed by atoms with Crippen LogP contribution in [0.1, 0.15) is 15.9 Å². The van der Waals surface area contributed by atoms with Crippen molar-refractivity contribution in [2.75, 3.05) is 7.11 Å². The number of benzene rings is 3. The molecule has 3 N–H and O–H groups in total. The van der Waals surface area contributed by atoms with Crippen LogP contribution in [-0.4, -0.2) is 32.8 Å². The third kappa shape index (κ3) is 3.60. The summed E-state index contributed by atoms with van der Waals surface area (Å²) in [6.07, 6.45) is 1.87. The Morgan fingerprint density at radius 1 is 0.967 bits per heavy atom. The zero-order chi connectivity index (χ0) is 21.3. The molecule has 0 bridgehead atoms. The van der Waals surface area contributed by atoms with Gasteiger partial charge in [0.2, 0.25) is 0 Å². The van der Waals surface area contributed by atoms with Gasteiger partial charge >= 0.3 is 0 Å². The van der Waals surface area contributed by atoms with Gasteiger partial charge in [-0.1, -0.05) is 12.1 Å². The molecule has 0 aliphatic carbocycles. The van der Waals surface area contributed by atoms with E-state index in [-0.39, 0.29) is 30.4 Å². The third-order valence-electron chi connectivity index (χ3n) is 5.09. The van der Waals surface area contributed by atoms with Crippen molar-refractivity contribution in [2.24, 2.45) is 0 Å². The van der Waals surface area contributed by atoms with E-state index in [1.54, 1.807) is 49.6 Å². The van der Waals surface area contributed by atoms with Gasteiger partial charge in [0, 0.05) is 22.7 Å². The molecule has 0 radical (unpaired) electrons. The van der Waals surface area contributed by atoms with E-state index in [0.29, 0.717) is 16.9 Å². The predicted octanol–water partition coefficient (Wildman–Crippen LogP) is 4.10. The number of ketones is 1. The highest BCUT2D eigenvalue weighted by Crippen LogP contribution is 2.38. The maximum atomic E-state index is 12.9. The number of phenols is 2. The number of aliphatic hydroxyl groups is 1. The quantitative estimate of drug-likeness (QED) is 0.422. The van der Waals surface area contributed by atoms with Crippen LogP contribution in [0, 0.1) is 0 Å². The number of ether oxygens (including phenoxy) is 1. The van der Waals surface area contributed by atoms with Crippen molar-refractivity contribution in [3.63, 3.8) is 0 Å². The monoisotopic (exact) mass is 403 g/mol. The van der Waals surface area contributed by atoms with E-state index in [1.807, 2.05) is 16.8 Å². The van der Waals surface area contributed by atoms with E-state index >= 15 is 0 Å². The predicted molar refractivity (Wildman–Crippen MR) is 114 cm³/mol. The number of fused-ring (bicyclic) bond motifs is 1. The lowest BCUT2D eigenvalue weighted by Gasteiger charge is -2.09. The molecule has 1 heterocycles. The number of rotatable bonds is 6. The Balaban J connectivity index is 1.87. The number of nitrogens with zero attached hydrogens (tertiary/aromatic N) is 1. The van der Waals surface area contributed by atoms with Crippen LogP contribution in [0.3, 0.4) is 0 Å². The number of aromatic nitrogens is 1. The standard InChI is InChI=1S/C24H21NO5/c1-30-23-11-15(14-26)10-21-24(23)20(16-2-6-18(27)7-3-16)12-25(21)13-22(29)17-4-8-19(28)9-5-17/h2-12,26-28H,13-14H2,1H3. The number of hydrogen-bond donors (Lipinski definition) is 3. The third-order valence-corrected chi connectivity index (χ3v) is 5.09. The summed E-state index contributed by atoms with van der Waals surface area (Å²) < 4.78 is 7.41. The molecule has 30 heavy (non-hydrogen) atoms. The highest BCUT2D eigenvalue weighted by atomic mass is 16.5. The van der Waals surface area contributed by atoms with Gasteiger partial charge in [-0.15, -0.1) is 0 Å². The zero-order valence-corrected chi connectivity index (χ0v) is 16.4. The molecule has 1 aromatic heterocycles. The molecule has 0 saturated heterocycles. The number of Topliss-reactive ketones (excluding diaryl/α,β-unsaturated/α-hetero) is 1. The molecule has 0 amide bonds. The molecule has 4 rings (SSSR count). The average molecular weight is 403 g/mol. The van der Waals surface area contributed by atoms with Gasteiger partial charge in [-0.25, -0.2) is 0 Å². The number of carbonyl (C=O) groups excluding carboxylic acids is 1. The van der Waals surface area contributed by atoms with Crippen LogP contribution in [0.5, 0.6) is 17.2 Å². The minimum Gasteiger partial charge on any atom is -0.508 e. The molecule has 0 spiro atoms. The molecular weight excluding hydrogens is 382 g/mol. The Labute approximate surface area is 173 Å². The van der Waals surface area contributed by atoms with Crippen LogP contribution >= 0.6 is 0 Å². The van der Waals surface area contributed by atoms with Gasteiger partial charge in [-0.2, -0.15) is 0 Å². The van der Waals surface area contributed by atoms with Crippen molar-refractivity contribution >= 4 is 16.7 Å². The normalized spacial score (nSPS) is 11.0. The number of aliphatic hydroxyl groups excluding tert-OH is 1. The van der Waals surface area contributed by atoms with E-state index in [9.17, 15) is 20.1 Å². The summed E-state index contributed by atoms with van der Waals surface area (Å²) >= 11 is 0. The Hall–Kier alpha value is -3.77. The minimum atomic E-state index is -0.155. The lowest BCUT2D eigenvalue weighted by molar-refractivity contribution is 0.0973. The maximum absolute atomic E-state index is 12.9. The van der Waals surface area contributed by atoms with Gasteiger partial charge < -0.3 is 24.6 Å². The van der Waals surface area contributed by atoms with Gasteiger partial charge in [0.05, 0.1) is 25.8 Å². The number of phenolic OH excluding ortho intramolecular Hbond substituents is 2. The van der Waals surface area contributed by atoms with Gasteiger partial charge in [0.15, 0.2) is 5.78 Å². The molecule has 3 aromatic carbocycles. The smallest absolute Gasteiger partial charge is 0.182 e. The van der Waals surface area contributed by atoms with Crippen LogP contribution in [0.15, 0.2) is 66.9 Å². The fraction of sp³-hybridized carbons (Fsp3) is 0.125. The first kappa shape index (κ1) is 19.5. The number of carbonyl (C=O) groups is 1. The van der Waals surface area contributed by atoms with Crippen molar-refractivity contribution in [1.82, 2.24) is 4.57 Å². The summed E-state index contributed by atoms with van der Waals surface area (Å²) in [5.41, 5.74) is 3.64. The van der Waals surface area contributed by atoms with Crippen LogP contribution in [0.2, 0.25) is 0 Å². The molecule has 6 nitrogen and oxygen atoms in total. The van der Waals surface area contributed by atoms with Gasteiger partial charge in [-0.05, 0) is 59.7 Å². The summed E-state index contributed by atoms with van der Waals surface area (Å²) in [5, 5.41) is 29.6. The molecule has 0 fully saturated rings. The summed E-state index contributed by atoms with van der Waals surface area (Å²) in [6, 6.07) is 16.6. The molecule has 0 unspecified atom stereocenters. The van der Waals surface area contributed by atoms with E-state index < -0.39 is 0 Å². The van der Waals surface area contributed by atoms with E-state index in [2.05, 4.69) is 0 Å². The largest absolute Gasteiger partial charge is 0.508 e. The number of methoxy groups -OCH3 is 1. The SMILES string of the molecule is COc1cc(CO)cc2c1c(-c1ccc(O)cc1)cn2CC(=O)c1ccc(O)cc1. The van der Waals surface area contributed by atoms with Crippen molar-refractivity contribution in [1.29, 1.82) is 0 Å². The summed E-state index contributed by atoms with van der Waals surface area (Å²) in [4.78, 5) is 12.9. The molecule has 0 saturated carbocycles. The minimum absolute atomic E-state index is 0.0807. The molecule has 0 aliphatic heterocycles. The Bertz CT molecular complexity index is 1210. The van der Waals surface area contributed by atoms with E-state index in [4.69, 9.17) is 4.74 Å². The van der Waals surface area contributed by atoms with E-state index in [0.717, 1.165) is 22.0 Å². The first-order valence-corrected chi connectivity index (χ1v) is 9.42. The average Bonchev–Trinajstić information content (AvgIpc) is 3.12. The van der Waals surface area contributed by atoms with Crippen LogP contribution < -0.4 is 4.74 Å². The Kier molecular flexibility index (Phi) is 5.16. The first-order chi connectivity index (χ1) is 14.5. The highest BCUT2D eigenvalue weighted by Gasteiger charge is 2.18. The fourth-order valence-electron chi connectivity index (χ4n) is 3.58. The molecular formula is C24H21NO5. The second-order valence-electron chi connectivity index (χ2n) is 7.04. The maximum Gasteiger partial charge on any atom is 0.182 e. The molecule has 152 valence electrons. The van der Waals surface area contributed by atoms with Crippen LogP contribution in [0.4, 0.5) is 0 Å². The Morgan fingerprint density at radius 2 is 1.60 bits per heavy atom. The second-order valence-corrected chi connectivity index (χ2v) is 7.04. The van der Waals surface area contributed by atoms with Gasteiger partial charge in [0.1, 0.15) is 17.2 Å². The number of aromatic hydroxyl groups is 2. The van der Waals surface area contributed by atoms with Crippen molar-refractivity contribution in [3.05, 3.63) is 78.0 Å². The number of hydrogen-bond acceptors (Lipinski definition) is 5. The summed E-state index contributed by atoms with van der Waals surface area (Å²) in [5.74, 6) is 0.748. The van der Waals surface area contributed by atoms with Gasteiger partial charge in [-0.3, -0.25) is 4.79 Å². The molecule has 0 atom stereocenters. The van der Waals surface area contributed by atoms with E-state index in [1.165, 1.54) is 12.1 Å². The lowest BCUT2D eigenvalue weighted by atomic mass is 10.0. The van der Waals surface area contributed by atoms with Crippen molar-refractivity contribution < 1.29 is 24.9 Å². The summed E-state index contributed by atoms with van der Waals surface area (Å²) in [7, 11) is 1.56. The van der Waals surface area contributed by atoms with Crippen LogP contribution in [0.25, 0.3) is 22.0 Å². The fourth-order valence-corrected chi connectivity index (χ4v) is 3.58. The van der Waals surface area contributed by atoms with Crippen LogP contribution in [-0.2, 0) is 13.2 Å². The van der Waals surface area contributed by atoms with Crippen molar-refractivity contribution in [3.8, 4) is 28.4 Å². The van der Waals surface area contributed by atoms with Crippen molar-refractivity contribution in [2.45, 2.75) is 13.2 Å². The Morgan fingerprint density at radius 3 is 2.20 bits per heavy atom. The molecule has 4 aromatic rings.